The molecule has 1 N–H and O–H groups in total. The highest BCUT2D eigenvalue weighted by atomic mass is 16.5. The number of rotatable bonds is 4. The number of hydrogen-bond donors (Lipinski definition) is 1. The van der Waals surface area contributed by atoms with Crippen molar-refractivity contribution in [1.29, 1.82) is 0 Å². The molecule has 176 valence electrons. The first-order valence-corrected chi connectivity index (χ1v) is 11.4. The fourth-order valence-electron chi connectivity index (χ4n) is 3.61. The Balaban J connectivity index is 1.43. The molecule has 0 aliphatic carbocycles. The Morgan fingerprint density at radius 3 is 2.29 bits per heavy atom. The van der Waals surface area contributed by atoms with E-state index in [9.17, 15) is 4.79 Å². The predicted molar refractivity (Wildman–Crippen MR) is 135 cm³/mol. The summed E-state index contributed by atoms with van der Waals surface area (Å²) in [5, 5.41) is 11.8. The van der Waals surface area contributed by atoms with Gasteiger partial charge in [0.25, 0.3) is 0 Å². The summed E-state index contributed by atoms with van der Waals surface area (Å²) >= 11 is 0. The number of amides is 1. The molecular weight excluding hydrogens is 440 g/mol. The SMILES string of the molecule is Cc1nc(-c2ccc(-c3ccc4nc(-c5ccc(C)c(NC(=O)C(C)(C)C)c5)cn4n3)cc2)no1. The maximum Gasteiger partial charge on any atom is 0.229 e. The zero-order valence-corrected chi connectivity index (χ0v) is 20.3. The van der Waals surface area contributed by atoms with Crippen molar-refractivity contribution in [2.24, 2.45) is 5.41 Å². The third kappa shape index (κ3) is 4.55. The van der Waals surface area contributed by atoms with E-state index in [4.69, 9.17) is 14.6 Å². The van der Waals surface area contributed by atoms with E-state index in [2.05, 4.69) is 15.5 Å². The lowest BCUT2D eigenvalue weighted by Crippen LogP contribution is -2.27. The molecule has 0 spiro atoms. The molecule has 0 saturated heterocycles. The number of carbonyl (C=O) groups is 1. The van der Waals surface area contributed by atoms with Gasteiger partial charge < -0.3 is 9.84 Å². The highest BCUT2D eigenvalue weighted by Gasteiger charge is 2.22. The minimum absolute atomic E-state index is 0.0282. The summed E-state index contributed by atoms with van der Waals surface area (Å²) in [5.41, 5.74) is 6.39. The zero-order valence-electron chi connectivity index (χ0n) is 20.3. The van der Waals surface area contributed by atoms with E-state index in [1.165, 1.54) is 0 Å². The number of nitrogens with one attached hydrogen (secondary N) is 1. The fraction of sp³-hybridized carbons (Fsp3) is 0.222. The topological polar surface area (TPSA) is 98.2 Å². The van der Waals surface area contributed by atoms with Gasteiger partial charge in [0, 0.05) is 34.7 Å². The van der Waals surface area contributed by atoms with Crippen molar-refractivity contribution in [2.45, 2.75) is 34.6 Å². The van der Waals surface area contributed by atoms with Crippen LogP contribution in [0.2, 0.25) is 0 Å². The van der Waals surface area contributed by atoms with Crippen LogP contribution in [0.15, 0.2) is 65.3 Å². The number of imidazole rings is 1. The van der Waals surface area contributed by atoms with Crippen molar-refractivity contribution >= 4 is 17.2 Å². The standard InChI is InChI=1S/C27H26N6O2/c1-16-6-7-20(14-22(16)30-26(34)27(3,4)5)23-15-33-24(29-23)13-12-21(31-33)18-8-10-19(11-9-18)25-28-17(2)35-32-25/h6-15H,1-5H3,(H,30,34). The molecule has 3 aromatic heterocycles. The average Bonchev–Trinajstić information content (AvgIpc) is 3.45. The van der Waals surface area contributed by atoms with E-state index >= 15 is 0 Å². The molecule has 0 radical (unpaired) electrons. The molecule has 2 aromatic carbocycles. The van der Waals surface area contributed by atoms with Crippen LogP contribution in [0.4, 0.5) is 5.69 Å². The molecule has 0 bridgehead atoms. The number of carbonyl (C=O) groups excluding carboxylic acids is 1. The lowest BCUT2D eigenvalue weighted by atomic mass is 9.95. The van der Waals surface area contributed by atoms with E-state index in [-0.39, 0.29) is 5.91 Å². The summed E-state index contributed by atoms with van der Waals surface area (Å²) in [5.74, 6) is 1.07. The summed E-state index contributed by atoms with van der Waals surface area (Å²) in [6, 6.07) is 17.7. The minimum atomic E-state index is -0.478. The van der Waals surface area contributed by atoms with Gasteiger partial charge in [-0.15, -0.1) is 0 Å². The summed E-state index contributed by atoms with van der Waals surface area (Å²) in [7, 11) is 0. The lowest BCUT2D eigenvalue weighted by molar-refractivity contribution is -0.123. The van der Waals surface area contributed by atoms with Gasteiger partial charge in [0.2, 0.25) is 17.6 Å². The number of fused-ring (bicyclic) bond motifs is 1. The smallest absolute Gasteiger partial charge is 0.229 e. The molecule has 3 heterocycles. The van der Waals surface area contributed by atoms with Crippen LogP contribution in [0.1, 0.15) is 32.2 Å². The third-order valence-electron chi connectivity index (χ3n) is 5.75. The molecule has 1 amide bonds. The lowest BCUT2D eigenvalue weighted by Gasteiger charge is -2.19. The summed E-state index contributed by atoms with van der Waals surface area (Å²) in [6.07, 6.45) is 1.90. The zero-order chi connectivity index (χ0) is 24.7. The Bertz CT molecular complexity index is 1540. The fourth-order valence-corrected chi connectivity index (χ4v) is 3.61. The molecule has 5 aromatic rings. The molecule has 0 aliphatic heterocycles. The summed E-state index contributed by atoms with van der Waals surface area (Å²) in [6.45, 7) is 9.43. The van der Waals surface area contributed by atoms with Gasteiger partial charge in [-0.1, -0.05) is 62.3 Å². The second-order valence-corrected chi connectivity index (χ2v) is 9.60. The van der Waals surface area contributed by atoms with Gasteiger partial charge in [-0.25, -0.2) is 9.50 Å². The first kappa shape index (κ1) is 22.5. The van der Waals surface area contributed by atoms with Crippen molar-refractivity contribution < 1.29 is 9.32 Å². The predicted octanol–water partition coefficient (Wildman–Crippen LogP) is 5.71. The van der Waals surface area contributed by atoms with Crippen LogP contribution in [0, 0.1) is 19.3 Å². The molecule has 0 fully saturated rings. The largest absolute Gasteiger partial charge is 0.339 e. The minimum Gasteiger partial charge on any atom is -0.339 e. The molecule has 0 saturated carbocycles. The molecule has 8 nitrogen and oxygen atoms in total. The number of benzene rings is 2. The maximum atomic E-state index is 12.5. The quantitative estimate of drug-likeness (QED) is 0.364. The second kappa shape index (κ2) is 8.47. The van der Waals surface area contributed by atoms with E-state index in [1.807, 2.05) is 88.5 Å². The Kier molecular flexibility index (Phi) is 5.43. The number of anilines is 1. The molecule has 0 unspecified atom stereocenters. The first-order valence-electron chi connectivity index (χ1n) is 11.4. The van der Waals surface area contributed by atoms with Crippen molar-refractivity contribution in [3.8, 4) is 33.9 Å². The van der Waals surface area contributed by atoms with E-state index in [1.54, 1.807) is 11.4 Å². The Hall–Kier alpha value is -4.33. The van der Waals surface area contributed by atoms with Crippen molar-refractivity contribution in [3.05, 3.63) is 72.2 Å². The van der Waals surface area contributed by atoms with Crippen LogP contribution >= 0.6 is 0 Å². The van der Waals surface area contributed by atoms with E-state index in [0.717, 1.165) is 45.0 Å². The first-order chi connectivity index (χ1) is 16.7. The highest BCUT2D eigenvalue weighted by Crippen LogP contribution is 2.28. The molecule has 5 rings (SSSR count). The van der Waals surface area contributed by atoms with Crippen LogP contribution in [0.25, 0.3) is 39.5 Å². The number of hydrogen-bond acceptors (Lipinski definition) is 6. The van der Waals surface area contributed by atoms with Gasteiger partial charge in [0.15, 0.2) is 5.65 Å². The normalized spacial score (nSPS) is 11.7. The Labute approximate surface area is 203 Å². The average molecular weight is 467 g/mol. The molecule has 8 heteroatoms. The van der Waals surface area contributed by atoms with Gasteiger partial charge in [-0.2, -0.15) is 10.1 Å². The van der Waals surface area contributed by atoms with Gasteiger partial charge >= 0.3 is 0 Å². The molecule has 0 atom stereocenters. The molecular formula is C27H26N6O2. The van der Waals surface area contributed by atoms with Crippen LogP contribution in [-0.2, 0) is 4.79 Å². The van der Waals surface area contributed by atoms with E-state index < -0.39 is 5.41 Å². The van der Waals surface area contributed by atoms with Gasteiger partial charge in [-0.05, 0) is 30.7 Å². The van der Waals surface area contributed by atoms with Crippen LogP contribution in [-0.4, -0.2) is 30.6 Å². The second-order valence-electron chi connectivity index (χ2n) is 9.60. The summed E-state index contributed by atoms with van der Waals surface area (Å²) in [4.78, 5) is 21.5. The van der Waals surface area contributed by atoms with Crippen LogP contribution in [0.3, 0.4) is 0 Å². The molecule has 0 aliphatic rings. The number of aromatic nitrogens is 5. The van der Waals surface area contributed by atoms with Gasteiger partial charge in [0.1, 0.15) is 0 Å². The highest BCUT2D eigenvalue weighted by molar-refractivity contribution is 5.95. The van der Waals surface area contributed by atoms with Crippen molar-refractivity contribution in [3.63, 3.8) is 0 Å². The van der Waals surface area contributed by atoms with E-state index in [0.29, 0.717) is 11.7 Å². The van der Waals surface area contributed by atoms with Crippen LogP contribution in [0.5, 0.6) is 0 Å². The van der Waals surface area contributed by atoms with Gasteiger partial charge in [0.05, 0.1) is 17.6 Å². The number of aryl methyl sites for hydroxylation is 2. The monoisotopic (exact) mass is 466 g/mol. The van der Waals surface area contributed by atoms with Crippen molar-refractivity contribution in [1.82, 2.24) is 24.7 Å². The Morgan fingerprint density at radius 2 is 1.60 bits per heavy atom. The Morgan fingerprint density at radius 1 is 0.886 bits per heavy atom. The third-order valence-corrected chi connectivity index (χ3v) is 5.75. The molecule has 35 heavy (non-hydrogen) atoms. The summed E-state index contributed by atoms with van der Waals surface area (Å²) < 4.78 is 6.84. The van der Waals surface area contributed by atoms with Crippen molar-refractivity contribution in [2.75, 3.05) is 5.32 Å². The number of nitrogens with zero attached hydrogens (tertiary/aromatic N) is 5. The van der Waals surface area contributed by atoms with Gasteiger partial charge in [-0.3, -0.25) is 4.79 Å². The van der Waals surface area contributed by atoms with Crippen LogP contribution < -0.4 is 5.32 Å². The maximum absolute atomic E-state index is 12.5.